The van der Waals surface area contributed by atoms with E-state index in [-0.39, 0.29) is 16.7 Å². The minimum absolute atomic E-state index is 0.0265. The lowest BCUT2D eigenvalue weighted by atomic mass is 9.79. The summed E-state index contributed by atoms with van der Waals surface area (Å²) < 4.78 is 16.0. The summed E-state index contributed by atoms with van der Waals surface area (Å²) in [4.78, 5) is 36.7. The Hall–Kier alpha value is -2.45. The molecule has 0 aromatic heterocycles. The fourth-order valence-electron chi connectivity index (χ4n) is 3.06. The van der Waals surface area contributed by atoms with Crippen LogP contribution in [0.5, 0.6) is 0 Å². The molecule has 0 spiro atoms. The Morgan fingerprint density at radius 1 is 1.32 bits per heavy atom. The third kappa shape index (κ3) is 3.88. The average molecular weight is 394 g/mol. The van der Waals surface area contributed by atoms with Crippen molar-refractivity contribution in [1.29, 1.82) is 0 Å². The molecule has 8 heteroatoms. The van der Waals surface area contributed by atoms with Gasteiger partial charge < -0.3 is 24.4 Å². The SMILES string of the molecule is C=C1C(=O)OC2C=C(C)C(=O)OC(C)C(C)(O)C(O)C(OC(=O)C(C)=CC)C12. The summed E-state index contributed by atoms with van der Waals surface area (Å²) in [6.45, 7) is 11.0. The number of aliphatic hydroxyl groups is 2. The predicted octanol–water partition coefficient (Wildman–Crippen LogP) is 0.966. The van der Waals surface area contributed by atoms with Crippen molar-refractivity contribution in [1.82, 2.24) is 0 Å². The van der Waals surface area contributed by atoms with Crippen molar-refractivity contribution in [3.63, 3.8) is 0 Å². The summed E-state index contributed by atoms with van der Waals surface area (Å²) in [5, 5.41) is 21.8. The molecule has 1 fully saturated rings. The summed E-state index contributed by atoms with van der Waals surface area (Å²) in [6.07, 6.45) is -2.32. The molecular formula is C20H26O8. The molecule has 28 heavy (non-hydrogen) atoms. The molecule has 0 radical (unpaired) electrons. The zero-order chi connectivity index (χ0) is 21.4. The molecule has 0 aromatic carbocycles. The maximum absolute atomic E-state index is 12.4. The molecule has 0 saturated carbocycles. The number of carbonyl (C=O) groups is 3. The number of allylic oxidation sites excluding steroid dienone is 1. The Morgan fingerprint density at radius 3 is 2.50 bits per heavy atom. The number of rotatable bonds is 2. The van der Waals surface area contributed by atoms with Crippen LogP contribution in [0.3, 0.4) is 0 Å². The first-order valence-corrected chi connectivity index (χ1v) is 8.95. The Balaban J connectivity index is 2.61. The molecule has 6 atom stereocenters. The highest BCUT2D eigenvalue weighted by molar-refractivity contribution is 5.93. The first-order chi connectivity index (χ1) is 12.9. The van der Waals surface area contributed by atoms with Crippen molar-refractivity contribution in [3.05, 3.63) is 35.5 Å². The smallest absolute Gasteiger partial charge is 0.334 e. The van der Waals surface area contributed by atoms with Crippen LogP contribution < -0.4 is 0 Å². The van der Waals surface area contributed by atoms with Crippen LogP contribution in [0.15, 0.2) is 35.5 Å². The number of ether oxygens (including phenoxy) is 3. The lowest BCUT2D eigenvalue weighted by molar-refractivity contribution is -0.201. The molecule has 2 N–H and O–H groups in total. The van der Waals surface area contributed by atoms with Crippen molar-refractivity contribution in [3.8, 4) is 0 Å². The van der Waals surface area contributed by atoms with Gasteiger partial charge in [0.2, 0.25) is 0 Å². The van der Waals surface area contributed by atoms with E-state index in [9.17, 15) is 24.6 Å². The summed E-state index contributed by atoms with van der Waals surface area (Å²) in [5.74, 6) is -3.19. The van der Waals surface area contributed by atoms with Crippen LogP contribution in [0.4, 0.5) is 0 Å². The van der Waals surface area contributed by atoms with E-state index in [2.05, 4.69) is 6.58 Å². The monoisotopic (exact) mass is 394 g/mol. The Morgan fingerprint density at radius 2 is 1.93 bits per heavy atom. The van der Waals surface area contributed by atoms with Gasteiger partial charge >= 0.3 is 17.9 Å². The van der Waals surface area contributed by atoms with Crippen LogP contribution in [0, 0.1) is 5.92 Å². The van der Waals surface area contributed by atoms with E-state index in [0.717, 1.165) is 0 Å². The summed E-state index contributed by atoms with van der Waals surface area (Å²) in [7, 11) is 0. The second-order valence-corrected chi connectivity index (χ2v) is 7.33. The molecule has 154 valence electrons. The molecule has 2 heterocycles. The van der Waals surface area contributed by atoms with E-state index in [1.165, 1.54) is 39.8 Å². The van der Waals surface area contributed by atoms with Crippen LogP contribution >= 0.6 is 0 Å². The zero-order valence-corrected chi connectivity index (χ0v) is 16.6. The van der Waals surface area contributed by atoms with Gasteiger partial charge in [-0.1, -0.05) is 12.7 Å². The molecule has 2 aliphatic rings. The van der Waals surface area contributed by atoms with Gasteiger partial charge in [0.1, 0.15) is 30.0 Å². The van der Waals surface area contributed by atoms with Crippen molar-refractivity contribution in [2.24, 2.45) is 5.92 Å². The largest absolute Gasteiger partial charge is 0.456 e. The second kappa shape index (κ2) is 7.89. The predicted molar refractivity (Wildman–Crippen MR) is 97.8 cm³/mol. The van der Waals surface area contributed by atoms with Crippen molar-refractivity contribution < 1.29 is 38.8 Å². The highest BCUT2D eigenvalue weighted by Gasteiger charge is 2.54. The van der Waals surface area contributed by atoms with Gasteiger partial charge in [0.25, 0.3) is 0 Å². The first kappa shape index (κ1) is 21.8. The van der Waals surface area contributed by atoms with E-state index >= 15 is 0 Å². The Kier molecular flexibility index (Phi) is 6.15. The number of esters is 3. The van der Waals surface area contributed by atoms with E-state index in [1.54, 1.807) is 6.92 Å². The average Bonchev–Trinajstić information content (AvgIpc) is 2.90. The van der Waals surface area contributed by atoms with Crippen LogP contribution in [0.2, 0.25) is 0 Å². The number of aliphatic hydroxyl groups excluding tert-OH is 1. The normalized spacial score (nSPS) is 36.8. The van der Waals surface area contributed by atoms with E-state index in [0.29, 0.717) is 0 Å². The van der Waals surface area contributed by atoms with Gasteiger partial charge in [-0.2, -0.15) is 0 Å². The van der Waals surface area contributed by atoms with E-state index in [1.807, 2.05) is 0 Å². The van der Waals surface area contributed by atoms with Crippen LogP contribution in [0.1, 0.15) is 34.6 Å². The van der Waals surface area contributed by atoms with Crippen molar-refractivity contribution in [2.75, 3.05) is 0 Å². The zero-order valence-electron chi connectivity index (χ0n) is 16.6. The van der Waals surface area contributed by atoms with Crippen LogP contribution in [-0.4, -0.2) is 58.1 Å². The summed E-state index contributed by atoms with van der Waals surface area (Å²) in [5.41, 5.74) is -1.59. The van der Waals surface area contributed by atoms with Gasteiger partial charge in [0, 0.05) is 16.7 Å². The van der Waals surface area contributed by atoms with Gasteiger partial charge in [-0.05, 0) is 40.7 Å². The van der Waals surface area contributed by atoms with Crippen LogP contribution in [-0.2, 0) is 28.6 Å². The Labute approximate surface area is 163 Å². The Bertz CT molecular complexity index is 760. The molecule has 0 aliphatic carbocycles. The molecule has 1 saturated heterocycles. The summed E-state index contributed by atoms with van der Waals surface area (Å²) >= 11 is 0. The molecule has 0 amide bonds. The van der Waals surface area contributed by atoms with Crippen molar-refractivity contribution in [2.45, 2.75) is 64.6 Å². The molecule has 6 unspecified atom stereocenters. The number of hydrogen-bond donors (Lipinski definition) is 2. The third-order valence-corrected chi connectivity index (χ3v) is 5.37. The van der Waals surface area contributed by atoms with Crippen molar-refractivity contribution >= 4 is 17.9 Å². The molecule has 8 nitrogen and oxygen atoms in total. The molecule has 0 bridgehead atoms. The molecule has 0 aromatic rings. The minimum Gasteiger partial charge on any atom is -0.456 e. The fourth-order valence-corrected chi connectivity index (χ4v) is 3.06. The standard InChI is InChI=1S/C20H26O8/c1-7-9(2)17(22)28-15-14-11(4)19(24)27-13(14)8-10(3)18(23)26-12(5)20(6,25)16(15)21/h7-8,12-16,21,25H,4H2,1-3,5-6H3. The van der Waals surface area contributed by atoms with Crippen LogP contribution in [0.25, 0.3) is 0 Å². The first-order valence-electron chi connectivity index (χ1n) is 8.95. The van der Waals surface area contributed by atoms with E-state index < -0.39 is 53.8 Å². The van der Waals surface area contributed by atoms with Gasteiger partial charge in [-0.3, -0.25) is 0 Å². The topological polar surface area (TPSA) is 119 Å². The number of hydrogen-bond acceptors (Lipinski definition) is 8. The number of cyclic esters (lactones) is 1. The maximum atomic E-state index is 12.4. The highest BCUT2D eigenvalue weighted by atomic mass is 16.6. The van der Waals surface area contributed by atoms with Gasteiger partial charge in [-0.25, -0.2) is 14.4 Å². The fraction of sp³-hybridized carbons (Fsp3) is 0.550. The quantitative estimate of drug-likeness (QED) is 0.404. The van der Waals surface area contributed by atoms with E-state index in [4.69, 9.17) is 14.2 Å². The number of fused-ring (bicyclic) bond motifs is 1. The minimum atomic E-state index is -1.99. The maximum Gasteiger partial charge on any atom is 0.334 e. The number of carbonyl (C=O) groups excluding carboxylic acids is 3. The second-order valence-electron chi connectivity index (χ2n) is 7.33. The van der Waals surface area contributed by atoms with Gasteiger partial charge in [0.15, 0.2) is 0 Å². The molecular weight excluding hydrogens is 368 g/mol. The highest BCUT2D eigenvalue weighted by Crippen LogP contribution is 2.38. The molecule has 2 rings (SSSR count). The lowest BCUT2D eigenvalue weighted by Crippen LogP contribution is -2.58. The lowest BCUT2D eigenvalue weighted by Gasteiger charge is -2.40. The molecule has 2 aliphatic heterocycles. The third-order valence-electron chi connectivity index (χ3n) is 5.37. The summed E-state index contributed by atoms with van der Waals surface area (Å²) in [6, 6.07) is 0. The van der Waals surface area contributed by atoms with Gasteiger partial charge in [-0.15, -0.1) is 0 Å². The van der Waals surface area contributed by atoms with Gasteiger partial charge in [0.05, 0.1) is 5.92 Å².